The molecule has 0 atom stereocenters. The van der Waals surface area contributed by atoms with Gasteiger partial charge in [-0.15, -0.1) is 0 Å². The van der Waals surface area contributed by atoms with E-state index >= 15 is 0 Å². The van der Waals surface area contributed by atoms with Crippen molar-refractivity contribution >= 4 is 0 Å². The van der Waals surface area contributed by atoms with Gasteiger partial charge in [0.15, 0.2) is 0 Å². The monoisotopic (exact) mass is 156 g/mol. The van der Waals surface area contributed by atoms with E-state index < -0.39 is 0 Å². The van der Waals surface area contributed by atoms with Crippen molar-refractivity contribution in [2.75, 3.05) is 40.3 Å². The minimum Gasteiger partial charge on any atom is -0.306 e. The van der Waals surface area contributed by atoms with Crippen LogP contribution in [0.5, 0.6) is 0 Å². The SMILES string of the molecule is CN1CCC1.CN1CCCC1. The van der Waals surface area contributed by atoms with Crippen LogP contribution in [-0.2, 0) is 0 Å². The van der Waals surface area contributed by atoms with Crippen molar-refractivity contribution in [2.45, 2.75) is 19.3 Å². The summed E-state index contributed by atoms with van der Waals surface area (Å²) in [6, 6.07) is 0. The Balaban J connectivity index is 0.000000112. The van der Waals surface area contributed by atoms with Crippen molar-refractivity contribution < 1.29 is 0 Å². The summed E-state index contributed by atoms with van der Waals surface area (Å²) in [7, 11) is 4.32. The van der Waals surface area contributed by atoms with Gasteiger partial charge in [-0.2, -0.15) is 0 Å². The molecule has 2 rings (SSSR count). The maximum absolute atomic E-state index is 2.36. The highest BCUT2D eigenvalue weighted by molar-refractivity contribution is 4.61. The molecular weight excluding hydrogens is 136 g/mol. The Kier molecular flexibility index (Phi) is 3.87. The van der Waals surface area contributed by atoms with E-state index in [1.54, 1.807) is 0 Å². The van der Waals surface area contributed by atoms with Crippen LogP contribution in [0.3, 0.4) is 0 Å². The van der Waals surface area contributed by atoms with Gasteiger partial charge >= 0.3 is 0 Å². The molecule has 0 aromatic carbocycles. The first-order chi connectivity index (χ1) is 5.29. The van der Waals surface area contributed by atoms with E-state index in [4.69, 9.17) is 0 Å². The van der Waals surface area contributed by atoms with Crippen molar-refractivity contribution in [1.29, 1.82) is 0 Å². The lowest BCUT2D eigenvalue weighted by molar-refractivity contribution is 0.229. The molecule has 0 bridgehead atoms. The number of rotatable bonds is 0. The Morgan fingerprint density at radius 3 is 1.09 bits per heavy atom. The number of hydrogen-bond acceptors (Lipinski definition) is 2. The fraction of sp³-hybridized carbons (Fsp3) is 1.00. The van der Waals surface area contributed by atoms with Gasteiger partial charge in [-0.25, -0.2) is 0 Å². The molecule has 0 radical (unpaired) electrons. The molecule has 2 heteroatoms. The maximum Gasteiger partial charge on any atom is -0.000959 e. The van der Waals surface area contributed by atoms with Crippen LogP contribution in [-0.4, -0.2) is 50.1 Å². The molecule has 66 valence electrons. The van der Waals surface area contributed by atoms with Crippen LogP contribution in [0.25, 0.3) is 0 Å². The third-order valence-corrected chi connectivity index (χ3v) is 2.41. The molecule has 2 saturated heterocycles. The molecule has 2 nitrogen and oxygen atoms in total. The first-order valence-corrected chi connectivity index (χ1v) is 4.66. The second kappa shape index (κ2) is 4.73. The van der Waals surface area contributed by atoms with E-state index in [1.807, 2.05) is 0 Å². The van der Waals surface area contributed by atoms with Crippen LogP contribution in [0, 0.1) is 0 Å². The van der Waals surface area contributed by atoms with Crippen molar-refractivity contribution in [3.8, 4) is 0 Å². The fourth-order valence-corrected chi connectivity index (χ4v) is 1.35. The van der Waals surface area contributed by atoms with E-state index in [2.05, 4.69) is 23.9 Å². The quantitative estimate of drug-likeness (QED) is 0.517. The van der Waals surface area contributed by atoms with Crippen LogP contribution in [0.2, 0.25) is 0 Å². The van der Waals surface area contributed by atoms with Gasteiger partial charge in [0.1, 0.15) is 0 Å². The third-order valence-electron chi connectivity index (χ3n) is 2.41. The summed E-state index contributed by atoms with van der Waals surface area (Å²) in [5.74, 6) is 0. The lowest BCUT2D eigenvalue weighted by Crippen LogP contribution is -2.32. The summed E-state index contributed by atoms with van der Waals surface area (Å²) in [6.07, 6.45) is 4.24. The maximum atomic E-state index is 2.36. The second-order valence-corrected chi connectivity index (χ2v) is 3.67. The largest absolute Gasteiger partial charge is 0.306 e. The van der Waals surface area contributed by atoms with Crippen molar-refractivity contribution in [3.63, 3.8) is 0 Å². The molecule has 0 N–H and O–H groups in total. The molecule has 2 aliphatic rings. The molecule has 0 aromatic heterocycles. The van der Waals surface area contributed by atoms with E-state index in [0.29, 0.717) is 0 Å². The Bertz CT molecular complexity index is 93.7. The van der Waals surface area contributed by atoms with Crippen molar-refractivity contribution in [3.05, 3.63) is 0 Å². The lowest BCUT2D eigenvalue weighted by Gasteiger charge is -2.24. The third kappa shape index (κ3) is 3.73. The van der Waals surface area contributed by atoms with Gasteiger partial charge in [-0.3, -0.25) is 0 Å². The van der Waals surface area contributed by atoms with Crippen LogP contribution in [0.15, 0.2) is 0 Å². The van der Waals surface area contributed by atoms with Gasteiger partial charge in [0.05, 0.1) is 0 Å². The van der Waals surface area contributed by atoms with E-state index in [1.165, 1.54) is 45.4 Å². The van der Waals surface area contributed by atoms with Crippen LogP contribution >= 0.6 is 0 Å². The first-order valence-electron chi connectivity index (χ1n) is 4.66. The molecule has 0 aromatic rings. The minimum atomic E-state index is 1.32. The van der Waals surface area contributed by atoms with Gasteiger partial charge in [0.25, 0.3) is 0 Å². The summed E-state index contributed by atoms with van der Waals surface area (Å²) in [5.41, 5.74) is 0. The van der Waals surface area contributed by atoms with Crippen LogP contribution < -0.4 is 0 Å². The molecular formula is C9H20N2. The van der Waals surface area contributed by atoms with E-state index in [9.17, 15) is 0 Å². The van der Waals surface area contributed by atoms with Crippen LogP contribution in [0.4, 0.5) is 0 Å². The smallest absolute Gasteiger partial charge is 0.000959 e. The van der Waals surface area contributed by atoms with Gasteiger partial charge in [0, 0.05) is 0 Å². The zero-order chi connectivity index (χ0) is 8.10. The van der Waals surface area contributed by atoms with Crippen molar-refractivity contribution in [1.82, 2.24) is 9.80 Å². The topological polar surface area (TPSA) is 6.48 Å². The average molecular weight is 156 g/mol. The number of nitrogens with zero attached hydrogens (tertiary/aromatic N) is 2. The second-order valence-electron chi connectivity index (χ2n) is 3.67. The molecule has 0 unspecified atom stereocenters. The minimum absolute atomic E-state index is 1.32. The highest BCUT2D eigenvalue weighted by Gasteiger charge is 2.04. The fourth-order valence-electron chi connectivity index (χ4n) is 1.35. The predicted octanol–water partition coefficient (Wildman–Crippen LogP) is 1.03. The Labute approximate surface area is 70.2 Å². The lowest BCUT2D eigenvalue weighted by atomic mass is 10.3. The summed E-state index contributed by atoms with van der Waals surface area (Å²) in [4.78, 5) is 4.67. The zero-order valence-corrected chi connectivity index (χ0v) is 7.84. The summed E-state index contributed by atoms with van der Waals surface area (Å²) in [6.45, 7) is 5.28. The van der Waals surface area contributed by atoms with E-state index in [-0.39, 0.29) is 0 Å². The summed E-state index contributed by atoms with van der Waals surface area (Å²) < 4.78 is 0. The Hall–Kier alpha value is -0.0800. The molecule has 0 amide bonds. The molecule has 0 saturated carbocycles. The molecule has 2 aliphatic heterocycles. The van der Waals surface area contributed by atoms with Gasteiger partial charge in [-0.1, -0.05) is 0 Å². The number of likely N-dealkylation sites (tertiary alicyclic amines) is 2. The average Bonchev–Trinajstić information content (AvgIpc) is 2.36. The standard InChI is InChI=1S/C5H11N.C4H9N/c1-6-4-2-3-5-6;1-5-3-2-4-5/h2-5H2,1H3;2-4H2,1H3. The van der Waals surface area contributed by atoms with Gasteiger partial charge < -0.3 is 9.80 Å². The number of hydrogen-bond donors (Lipinski definition) is 0. The highest BCUT2D eigenvalue weighted by atomic mass is 15.1. The summed E-state index contributed by atoms with van der Waals surface area (Å²) >= 11 is 0. The molecule has 0 aliphatic carbocycles. The zero-order valence-electron chi connectivity index (χ0n) is 7.84. The molecule has 2 heterocycles. The first kappa shape index (κ1) is 9.01. The summed E-state index contributed by atoms with van der Waals surface area (Å²) in [5, 5.41) is 0. The van der Waals surface area contributed by atoms with Gasteiger partial charge in [0.2, 0.25) is 0 Å². The Morgan fingerprint density at radius 2 is 1.00 bits per heavy atom. The normalized spacial score (nSPS) is 25.6. The molecule has 0 spiro atoms. The predicted molar refractivity (Wildman–Crippen MR) is 48.8 cm³/mol. The molecule has 11 heavy (non-hydrogen) atoms. The highest BCUT2D eigenvalue weighted by Crippen LogP contribution is 2.02. The van der Waals surface area contributed by atoms with Gasteiger partial charge in [-0.05, 0) is 59.5 Å². The van der Waals surface area contributed by atoms with Crippen LogP contribution in [0.1, 0.15) is 19.3 Å². The van der Waals surface area contributed by atoms with E-state index in [0.717, 1.165) is 0 Å². The van der Waals surface area contributed by atoms with Crippen molar-refractivity contribution in [2.24, 2.45) is 0 Å². The Morgan fingerprint density at radius 1 is 0.636 bits per heavy atom. The molecule has 2 fully saturated rings.